The van der Waals surface area contributed by atoms with E-state index < -0.39 is 0 Å². The van der Waals surface area contributed by atoms with Gasteiger partial charge in [0, 0.05) is 6.42 Å². The molecule has 0 bridgehead atoms. The van der Waals surface area contributed by atoms with Crippen molar-refractivity contribution in [3.05, 3.63) is 11.5 Å². The van der Waals surface area contributed by atoms with E-state index in [4.69, 9.17) is 4.42 Å². The van der Waals surface area contributed by atoms with Crippen LogP contribution in [0.5, 0.6) is 0 Å². The van der Waals surface area contributed by atoms with Gasteiger partial charge in [0.1, 0.15) is 5.76 Å². The summed E-state index contributed by atoms with van der Waals surface area (Å²) in [5.74, 6) is 0.690. The van der Waals surface area contributed by atoms with Crippen LogP contribution in [0.1, 0.15) is 31.2 Å². The lowest BCUT2D eigenvalue weighted by atomic mass is 10.3. The Bertz CT molecular complexity index is 285. The number of rotatable bonds is 3. The number of aryl methyl sites for hydroxylation is 2. The second-order valence-corrected chi connectivity index (χ2v) is 2.96. The molecule has 72 valence electrons. The molecule has 0 atom stereocenters. The Balaban J connectivity index is 2.59. The Morgan fingerprint density at radius 3 is 2.69 bits per heavy atom. The number of amides is 1. The molecule has 1 aromatic rings. The minimum Gasteiger partial charge on any atom is -0.428 e. The van der Waals surface area contributed by atoms with Crippen molar-refractivity contribution in [2.45, 2.75) is 33.6 Å². The highest BCUT2D eigenvalue weighted by Gasteiger charge is 2.07. The van der Waals surface area contributed by atoms with Crippen LogP contribution < -0.4 is 5.32 Å². The zero-order valence-corrected chi connectivity index (χ0v) is 8.18. The molecule has 0 saturated heterocycles. The first kappa shape index (κ1) is 9.77. The Hall–Kier alpha value is -1.32. The number of nitrogens with one attached hydrogen (secondary N) is 1. The largest absolute Gasteiger partial charge is 0.428 e. The summed E-state index contributed by atoms with van der Waals surface area (Å²) < 4.78 is 5.19. The van der Waals surface area contributed by atoms with Gasteiger partial charge in [-0.3, -0.25) is 10.1 Å². The van der Waals surface area contributed by atoms with E-state index in [2.05, 4.69) is 10.3 Å². The summed E-state index contributed by atoms with van der Waals surface area (Å²) >= 11 is 0. The third-order valence-corrected chi connectivity index (χ3v) is 1.75. The Labute approximate surface area is 77.3 Å². The monoisotopic (exact) mass is 182 g/mol. The molecule has 1 rings (SSSR count). The molecule has 0 unspecified atom stereocenters. The first-order chi connectivity index (χ1) is 6.13. The molecule has 0 fully saturated rings. The molecule has 0 radical (unpaired) electrons. The molecule has 4 heteroatoms. The number of hydrogen-bond acceptors (Lipinski definition) is 3. The van der Waals surface area contributed by atoms with Gasteiger partial charge in [-0.25, -0.2) is 0 Å². The topological polar surface area (TPSA) is 55.1 Å². The summed E-state index contributed by atoms with van der Waals surface area (Å²) in [6.07, 6.45) is 1.32. The molecule has 1 N–H and O–H groups in total. The SMILES string of the molecule is CCCC(=O)Nc1nc(C)c(C)o1. The summed E-state index contributed by atoms with van der Waals surface area (Å²) in [6, 6.07) is 0.299. The van der Waals surface area contributed by atoms with Gasteiger partial charge in [-0.1, -0.05) is 6.92 Å². The van der Waals surface area contributed by atoms with Gasteiger partial charge in [0.15, 0.2) is 0 Å². The van der Waals surface area contributed by atoms with E-state index in [9.17, 15) is 4.79 Å². The summed E-state index contributed by atoms with van der Waals surface area (Å²) in [4.78, 5) is 15.2. The summed E-state index contributed by atoms with van der Waals surface area (Å²) in [6.45, 7) is 5.61. The number of nitrogens with zero attached hydrogens (tertiary/aromatic N) is 1. The van der Waals surface area contributed by atoms with Crippen molar-refractivity contribution in [3.8, 4) is 0 Å². The zero-order valence-electron chi connectivity index (χ0n) is 8.18. The summed E-state index contributed by atoms with van der Waals surface area (Å²) in [5.41, 5.74) is 0.812. The minimum atomic E-state index is -0.0521. The average molecular weight is 182 g/mol. The fourth-order valence-electron chi connectivity index (χ4n) is 0.935. The van der Waals surface area contributed by atoms with Crippen LogP contribution in [-0.4, -0.2) is 10.9 Å². The van der Waals surface area contributed by atoms with Gasteiger partial charge in [0.25, 0.3) is 0 Å². The molecule has 1 heterocycles. The van der Waals surface area contributed by atoms with Crippen molar-refractivity contribution in [1.29, 1.82) is 0 Å². The van der Waals surface area contributed by atoms with E-state index in [1.807, 2.05) is 20.8 Å². The van der Waals surface area contributed by atoms with Crippen LogP contribution in [0.3, 0.4) is 0 Å². The van der Waals surface area contributed by atoms with Crippen molar-refractivity contribution >= 4 is 11.9 Å². The minimum absolute atomic E-state index is 0.0521. The molecule has 1 amide bonds. The van der Waals surface area contributed by atoms with Gasteiger partial charge in [0.05, 0.1) is 5.69 Å². The predicted octanol–water partition coefficient (Wildman–Crippen LogP) is 2.03. The molecule has 0 saturated carbocycles. The number of anilines is 1. The third kappa shape index (κ3) is 2.57. The molecule has 0 spiro atoms. The van der Waals surface area contributed by atoms with Crippen molar-refractivity contribution in [2.75, 3.05) is 5.32 Å². The highest BCUT2D eigenvalue weighted by atomic mass is 16.4. The zero-order chi connectivity index (χ0) is 9.84. The van der Waals surface area contributed by atoms with Crippen LogP contribution in [0.25, 0.3) is 0 Å². The quantitative estimate of drug-likeness (QED) is 0.778. The first-order valence-electron chi connectivity index (χ1n) is 4.37. The van der Waals surface area contributed by atoms with Gasteiger partial charge < -0.3 is 4.42 Å². The first-order valence-corrected chi connectivity index (χ1v) is 4.37. The maximum absolute atomic E-state index is 11.1. The van der Waals surface area contributed by atoms with Gasteiger partial charge in [0.2, 0.25) is 5.91 Å². The van der Waals surface area contributed by atoms with Crippen LogP contribution in [-0.2, 0) is 4.79 Å². The number of aromatic nitrogens is 1. The number of carbonyl (C=O) groups excluding carboxylic acids is 1. The van der Waals surface area contributed by atoms with E-state index in [0.29, 0.717) is 12.4 Å². The number of oxazole rings is 1. The summed E-state index contributed by atoms with van der Waals surface area (Å²) in [7, 11) is 0. The van der Waals surface area contributed by atoms with Crippen LogP contribution >= 0.6 is 0 Å². The van der Waals surface area contributed by atoms with Gasteiger partial charge in [-0.15, -0.1) is 0 Å². The van der Waals surface area contributed by atoms with Crippen LogP contribution in [0.2, 0.25) is 0 Å². The second kappa shape index (κ2) is 4.07. The molecule has 0 aliphatic heterocycles. The van der Waals surface area contributed by atoms with Crippen LogP contribution in [0.15, 0.2) is 4.42 Å². The van der Waals surface area contributed by atoms with E-state index in [1.165, 1.54) is 0 Å². The lowest BCUT2D eigenvalue weighted by Crippen LogP contribution is -2.10. The van der Waals surface area contributed by atoms with Crippen LogP contribution in [0.4, 0.5) is 6.01 Å². The summed E-state index contributed by atoms with van der Waals surface area (Å²) in [5, 5.41) is 2.59. The van der Waals surface area contributed by atoms with Crippen molar-refractivity contribution in [3.63, 3.8) is 0 Å². The number of hydrogen-bond donors (Lipinski definition) is 1. The molecule has 1 aromatic heterocycles. The van der Waals surface area contributed by atoms with Gasteiger partial charge in [-0.2, -0.15) is 4.98 Å². The Morgan fingerprint density at radius 1 is 1.54 bits per heavy atom. The smallest absolute Gasteiger partial charge is 0.301 e. The van der Waals surface area contributed by atoms with Gasteiger partial charge in [-0.05, 0) is 20.3 Å². The van der Waals surface area contributed by atoms with E-state index >= 15 is 0 Å². The third-order valence-electron chi connectivity index (χ3n) is 1.75. The second-order valence-electron chi connectivity index (χ2n) is 2.96. The predicted molar refractivity (Wildman–Crippen MR) is 49.5 cm³/mol. The fourth-order valence-corrected chi connectivity index (χ4v) is 0.935. The molecule has 0 aliphatic carbocycles. The molecule has 13 heavy (non-hydrogen) atoms. The van der Waals surface area contributed by atoms with E-state index in [-0.39, 0.29) is 5.91 Å². The van der Waals surface area contributed by atoms with Gasteiger partial charge >= 0.3 is 6.01 Å². The highest BCUT2D eigenvalue weighted by molar-refractivity contribution is 5.88. The maximum atomic E-state index is 11.1. The normalized spacial score (nSPS) is 10.1. The fraction of sp³-hybridized carbons (Fsp3) is 0.556. The molecular formula is C9H14N2O2. The van der Waals surface area contributed by atoms with Crippen molar-refractivity contribution in [1.82, 2.24) is 4.98 Å². The van der Waals surface area contributed by atoms with E-state index in [1.54, 1.807) is 0 Å². The van der Waals surface area contributed by atoms with Crippen molar-refractivity contribution < 1.29 is 9.21 Å². The molecule has 0 aromatic carbocycles. The molecule has 4 nitrogen and oxygen atoms in total. The highest BCUT2D eigenvalue weighted by Crippen LogP contribution is 2.12. The maximum Gasteiger partial charge on any atom is 0.301 e. The Kier molecular flexibility index (Phi) is 3.06. The van der Waals surface area contributed by atoms with Crippen molar-refractivity contribution in [2.24, 2.45) is 0 Å². The van der Waals surface area contributed by atoms with Crippen LogP contribution in [0, 0.1) is 13.8 Å². The Morgan fingerprint density at radius 2 is 2.23 bits per heavy atom. The van der Waals surface area contributed by atoms with E-state index in [0.717, 1.165) is 17.9 Å². The number of carbonyl (C=O) groups is 1. The molecule has 0 aliphatic rings. The standard InChI is InChI=1S/C9H14N2O2/c1-4-5-8(12)11-9-10-6(2)7(3)13-9/h4-5H2,1-3H3,(H,10,11,12). The lowest BCUT2D eigenvalue weighted by Gasteiger charge is -1.96. The molecular weight excluding hydrogens is 168 g/mol. The average Bonchev–Trinajstić information content (AvgIpc) is 2.31. The lowest BCUT2D eigenvalue weighted by molar-refractivity contribution is -0.116.